The summed E-state index contributed by atoms with van der Waals surface area (Å²) in [5.74, 6) is 0.668. The van der Waals surface area contributed by atoms with Gasteiger partial charge in [0.2, 0.25) is 0 Å². The van der Waals surface area contributed by atoms with E-state index in [9.17, 15) is 4.39 Å². The lowest BCUT2D eigenvalue weighted by Gasteiger charge is -2.21. The Kier molecular flexibility index (Phi) is 3.13. The Balaban J connectivity index is 1.73. The van der Waals surface area contributed by atoms with Crippen LogP contribution in [0, 0.1) is 5.82 Å². The van der Waals surface area contributed by atoms with E-state index in [-0.39, 0.29) is 11.2 Å². The summed E-state index contributed by atoms with van der Waals surface area (Å²) >= 11 is 6.17. The summed E-state index contributed by atoms with van der Waals surface area (Å²) < 4.78 is 13.1. The largest absolute Gasteiger partial charge is 0.355 e. The number of hydrogen-bond acceptors (Lipinski definition) is 3. The highest BCUT2D eigenvalue weighted by molar-refractivity contribution is 6.31. The quantitative estimate of drug-likeness (QED) is 0.921. The fraction of sp³-hybridized carbons (Fsp3) is 0.500. The van der Waals surface area contributed by atoms with Crippen LogP contribution in [0.15, 0.2) is 23.2 Å². The molecule has 0 bridgehead atoms. The normalized spacial score (nSPS) is 20.4. The van der Waals surface area contributed by atoms with E-state index in [4.69, 9.17) is 11.6 Å². The first kappa shape index (κ1) is 12.7. The van der Waals surface area contributed by atoms with Crippen LogP contribution in [0.2, 0.25) is 5.02 Å². The molecule has 0 saturated heterocycles. The molecule has 0 radical (unpaired) electrons. The minimum absolute atomic E-state index is 0.0523. The first-order chi connectivity index (χ1) is 9.11. The van der Waals surface area contributed by atoms with Crippen molar-refractivity contribution in [3.05, 3.63) is 34.6 Å². The van der Waals surface area contributed by atoms with Crippen molar-refractivity contribution < 1.29 is 4.39 Å². The zero-order chi connectivity index (χ0) is 13.5. The van der Waals surface area contributed by atoms with Crippen LogP contribution >= 0.6 is 11.6 Å². The molecule has 3 rings (SSSR count). The van der Waals surface area contributed by atoms with Crippen molar-refractivity contribution >= 4 is 17.6 Å². The van der Waals surface area contributed by atoms with E-state index in [1.54, 1.807) is 0 Å². The molecule has 1 aromatic rings. The molecule has 1 heterocycles. The number of likely N-dealkylation sites (N-methyl/N-ethyl adjacent to an activating group) is 1. The number of nitrogens with one attached hydrogen (secondary N) is 1. The SMILES string of the molecule is CN1CCN=C1NCC1(c2ccc(F)cc2Cl)CC1. The minimum atomic E-state index is -0.280. The smallest absolute Gasteiger partial charge is 0.193 e. The monoisotopic (exact) mass is 281 g/mol. The van der Waals surface area contributed by atoms with Gasteiger partial charge in [-0.25, -0.2) is 4.39 Å². The molecule has 1 saturated carbocycles. The van der Waals surface area contributed by atoms with Crippen LogP contribution in [0.4, 0.5) is 4.39 Å². The molecule has 1 aliphatic heterocycles. The second-order valence-electron chi connectivity index (χ2n) is 5.38. The van der Waals surface area contributed by atoms with E-state index >= 15 is 0 Å². The van der Waals surface area contributed by atoms with Gasteiger partial charge in [-0.15, -0.1) is 0 Å². The second kappa shape index (κ2) is 4.67. The van der Waals surface area contributed by atoms with Gasteiger partial charge in [0.15, 0.2) is 5.96 Å². The summed E-state index contributed by atoms with van der Waals surface area (Å²) in [5.41, 5.74) is 1.10. The number of benzene rings is 1. The number of halogens is 2. The van der Waals surface area contributed by atoms with Gasteiger partial charge in [0.05, 0.1) is 6.54 Å². The van der Waals surface area contributed by atoms with Crippen LogP contribution in [0.5, 0.6) is 0 Å². The van der Waals surface area contributed by atoms with Gasteiger partial charge >= 0.3 is 0 Å². The molecule has 102 valence electrons. The van der Waals surface area contributed by atoms with Crippen molar-refractivity contribution in [1.82, 2.24) is 10.2 Å². The fourth-order valence-corrected chi connectivity index (χ4v) is 2.95. The lowest BCUT2D eigenvalue weighted by atomic mass is 9.96. The van der Waals surface area contributed by atoms with Crippen LogP contribution in [-0.4, -0.2) is 37.5 Å². The van der Waals surface area contributed by atoms with Crippen molar-refractivity contribution in [3.63, 3.8) is 0 Å². The maximum absolute atomic E-state index is 13.1. The van der Waals surface area contributed by atoms with Gasteiger partial charge in [-0.1, -0.05) is 17.7 Å². The van der Waals surface area contributed by atoms with Gasteiger partial charge in [-0.05, 0) is 30.5 Å². The van der Waals surface area contributed by atoms with E-state index in [0.717, 1.165) is 44.0 Å². The van der Waals surface area contributed by atoms with E-state index in [0.29, 0.717) is 5.02 Å². The van der Waals surface area contributed by atoms with E-state index in [2.05, 4.69) is 15.2 Å². The van der Waals surface area contributed by atoms with E-state index in [1.807, 2.05) is 13.1 Å². The van der Waals surface area contributed by atoms with Gasteiger partial charge in [0.25, 0.3) is 0 Å². The molecule has 0 unspecified atom stereocenters. The summed E-state index contributed by atoms with van der Waals surface area (Å²) in [5, 5.41) is 3.93. The van der Waals surface area contributed by atoms with Crippen molar-refractivity contribution in [1.29, 1.82) is 0 Å². The van der Waals surface area contributed by atoms with Gasteiger partial charge in [-0.2, -0.15) is 0 Å². The van der Waals surface area contributed by atoms with Crippen molar-refractivity contribution in [3.8, 4) is 0 Å². The maximum atomic E-state index is 13.1. The molecule has 0 aromatic heterocycles. The van der Waals surface area contributed by atoms with Crippen molar-refractivity contribution in [2.45, 2.75) is 18.3 Å². The molecule has 2 aliphatic rings. The molecule has 1 N–H and O–H groups in total. The van der Waals surface area contributed by atoms with Gasteiger partial charge in [0.1, 0.15) is 5.82 Å². The maximum Gasteiger partial charge on any atom is 0.193 e. The zero-order valence-corrected chi connectivity index (χ0v) is 11.7. The summed E-state index contributed by atoms with van der Waals surface area (Å²) in [4.78, 5) is 6.53. The highest BCUT2D eigenvalue weighted by Gasteiger charge is 2.45. The van der Waals surface area contributed by atoms with E-state index in [1.165, 1.54) is 12.1 Å². The van der Waals surface area contributed by atoms with Gasteiger partial charge < -0.3 is 10.2 Å². The predicted molar refractivity (Wildman–Crippen MR) is 75.3 cm³/mol. The highest BCUT2D eigenvalue weighted by atomic mass is 35.5. The molecule has 5 heteroatoms. The Morgan fingerprint density at radius 1 is 1.47 bits per heavy atom. The van der Waals surface area contributed by atoms with Crippen molar-refractivity contribution in [2.24, 2.45) is 4.99 Å². The van der Waals surface area contributed by atoms with Crippen LogP contribution < -0.4 is 5.32 Å². The molecular formula is C14H17ClFN3. The summed E-state index contributed by atoms with van der Waals surface area (Å²) in [6, 6.07) is 4.70. The average molecular weight is 282 g/mol. The van der Waals surface area contributed by atoms with Crippen LogP contribution in [-0.2, 0) is 5.41 Å². The Bertz CT molecular complexity index is 525. The third-order valence-electron chi connectivity index (χ3n) is 4.00. The summed E-state index contributed by atoms with van der Waals surface area (Å²) in [6.45, 7) is 2.62. The number of aliphatic imine (C=N–C) groups is 1. The predicted octanol–water partition coefficient (Wildman–Crippen LogP) is 2.40. The third kappa shape index (κ3) is 2.41. The second-order valence-corrected chi connectivity index (χ2v) is 5.79. The minimum Gasteiger partial charge on any atom is -0.355 e. The Morgan fingerprint density at radius 2 is 2.26 bits per heavy atom. The number of rotatable bonds is 3. The third-order valence-corrected chi connectivity index (χ3v) is 4.31. The summed E-state index contributed by atoms with van der Waals surface area (Å²) in [7, 11) is 2.03. The first-order valence-corrected chi connectivity index (χ1v) is 6.94. The highest BCUT2D eigenvalue weighted by Crippen LogP contribution is 2.50. The van der Waals surface area contributed by atoms with Gasteiger partial charge in [-0.3, -0.25) is 4.99 Å². The standard InChI is InChI=1S/C14H17ClFN3/c1-19-7-6-17-13(19)18-9-14(4-5-14)11-3-2-10(16)8-12(11)15/h2-3,8H,4-7,9H2,1H3,(H,17,18). The molecule has 0 spiro atoms. The number of guanidine groups is 1. The van der Waals surface area contributed by atoms with Crippen LogP contribution in [0.25, 0.3) is 0 Å². The zero-order valence-electron chi connectivity index (χ0n) is 10.9. The van der Waals surface area contributed by atoms with Gasteiger partial charge in [0, 0.05) is 30.6 Å². The van der Waals surface area contributed by atoms with Crippen molar-refractivity contribution in [2.75, 3.05) is 26.7 Å². The lowest BCUT2D eigenvalue weighted by Crippen LogP contribution is -2.39. The van der Waals surface area contributed by atoms with Crippen LogP contribution in [0.3, 0.4) is 0 Å². The van der Waals surface area contributed by atoms with Crippen LogP contribution in [0.1, 0.15) is 18.4 Å². The lowest BCUT2D eigenvalue weighted by molar-refractivity contribution is 0.523. The molecule has 1 aliphatic carbocycles. The Hall–Kier alpha value is -1.29. The molecule has 1 aromatic carbocycles. The Labute approximate surface area is 117 Å². The summed E-state index contributed by atoms with van der Waals surface area (Å²) in [6.07, 6.45) is 2.17. The fourth-order valence-electron chi connectivity index (χ4n) is 2.58. The molecule has 0 amide bonds. The molecule has 1 fully saturated rings. The Morgan fingerprint density at radius 3 is 2.84 bits per heavy atom. The molecule has 3 nitrogen and oxygen atoms in total. The molecule has 0 atom stereocenters. The first-order valence-electron chi connectivity index (χ1n) is 6.56. The number of hydrogen-bond donors (Lipinski definition) is 1. The molecular weight excluding hydrogens is 265 g/mol. The molecule has 19 heavy (non-hydrogen) atoms. The number of nitrogens with zero attached hydrogens (tertiary/aromatic N) is 2. The van der Waals surface area contributed by atoms with E-state index < -0.39 is 0 Å². The topological polar surface area (TPSA) is 27.6 Å². The average Bonchev–Trinajstić information content (AvgIpc) is 3.03.